The lowest BCUT2D eigenvalue weighted by Crippen LogP contribution is -2.63. The average Bonchev–Trinajstić information content (AvgIpc) is 3.34. The Morgan fingerprint density at radius 1 is 1.26 bits per heavy atom. The van der Waals surface area contributed by atoms with Crippen molar-refractivity contribution in [3.05, 3.63) is 34.8 Å². The zero-order chi connectivity index (χ0) is 25.7. The number of nitrogens with one attached hydrogen (secondary N) is 1. The first kappa shape index (κ1) is 24.9. The minimum absolute atomic E-state index is 0.000486. The molecule has 2 amide bonds. The van der Waals surface area contributed by atoms with Gasteiger partial charge < -0.3 is 35.1 Å². The maximum absolute atomic E-state index is 14.2. The van der Waals surface area contributed by atoms with Crippen molar-refractivity contribution in [1.82, 2.24) is 10.2 Å². The molecule has 1 aromatic carbocycles. The molecule has 4 rings (SSSR count). The number of carboxylic acid groups (broad SMARTS) is 1. The number of likely N-dealkylation sites (tertiary alicyclic amines) is 1. The summed E-state index contributed by atoms with van der Waals surface area (Å²) in [5, 5.41) is 41.5. The number of quaternary nitrogens is 1. The molecule has 3 aliphatic heterocycles. The van der Waals surface area contributed by atoms with Crippen LogP contribution in [0.1, 0.15) is 37.0 Å². The number of carbonyl (C=O) groups is 3. The molecule has 190 valence electrons. The Hall–Kier alpha value is -3.18. The highest BCUT2D eigenvalue weighted by molar-refractivity contribution is 6.00. The highest BCUT2D eigenvalue weighted by Crippen LogP contribution is 2.48. The Labute approximate surface area is 201 Å². The van der Waals surface area contributed by atoms with Gasteiger partial charge in [0.1, 0.15) is 12.2 Å². The van der Waals surface area contributed by atoms with E-state index in [0.717, 1.165) is 38.1 Å². The highest BCUT2D eigenvalue weighted by atomic mass is 19.1. The van der Waals surface area contributed by atoms with Crippen molar-refractivity contribution in [2.75, 3.05) is 32.7 Å². The van der Waals surface area contributed by atoms with Crippen molar-refractivity contribution in [3.63, 3.8) is 0 Å². The molecule has 0 saturated carbocycles. The second kappa shape index (κ2) is 9.12. The van der Waals surface area contributed by atoms with Crippen LogP contribution in [0.15, 0.2) is 23.4 Å². The van der Waals surface area contributed by atoms with Crippen LogP contribution in [0.25, 0.3) is 0 Å². The van der Waals surface area contributed by atoms with Crippen LogP contribution in [0.3, 0.4) is 0 Å². The molecule has 11 heteroatoms. The first-order valence-corrected chi connectivity index (χ1v) is 11.8. The second-order valence-corrected chi connectivity index (χ2v) is 9.86. The summed E-state index contributed by atoms with van der Waals surface area (Å²) in [6.45, 7) is 6.03. The summed E-state index contributed by atoms with van der Waals surface area (Å²) in [4.78, 5) is 38.5. The third-order valence-electron chi connectivity index (χ3n) is 7.75. The first-order chi connectivity index (χ1) is 16.5. The Morgan fingerprint density at radius 3 is 2.51 bits per heavy atom. The number of hydrogen-bond acceptors (Lipinski definition) is 6. The minimum Gasteiger partial charge on any atom is -0.504 e. The maximum atomic E-state index is 14.2. The number of carboxylic acids is 1. The number of aliphatic hydroxyl groups is 1. The predicted molar refractivity (Wildman–Crippen MR) is 121 cm³/mol. The molecule has 10 nitrogen and oxygen atoms in total. The van der Waals surface area contributed by atoms with E-state index in [1.807, 2.05) is 6.92 Å². The molecule has 4 atom stereocenters. The molecule has 0 spiro atoms. The van der Waals surface area contributed by atoms with Gasteiger partial charge in [-0.3, -0.25) is 9.59 Å². The summed E-state index contributed by atoms with van der Waals surface area (Å²) in [7, 11) is 0. The zero-order valence-electron chi connectivity index (χ0n) is 19.7. The van der Waals surface area contributed by atoms with Crippen LogP contribution in [0.2, 0.25) is 0 Å². The van der Waals surface area contributed by atoms with Gasteiger partial charge in [-0.15, -0.1) is 0 Å². The van der Waals surface area contributed by atoms with Gasteiger partial charge in [0.2, 0.25) is 5.91 Å². The molecule has 0 bridgehead atoms. The monoisotopic (exact) mass is 492 g/mol. The Bertz CT molecular complexity index is 1100. The fourth-order valence-electron chi connectivity index (χ4n) is 5.91. The van der Waals surface area contributed by atoms with Gasteiger partial charge in [0.15, 0.2) is 17.3 Å². The summed E-state index contributed by atoms with van der Waals surface area (Å²) >= 11 is 0. The number of nitrogens with zero attached hydrogens (tertiary/aromatic N) is 2. The number of halogens is 1. The number of benzene rings is 1. The van der Waals surface area contributed by atoms with Gasteiger partial charge >= 0.3 is 5.97 Å². The number of aromatic hydroxyl groups is 2. The molecular formula is C24H31FN3O7+. The maximum Gasteiger partial charge on any atom is 0.352 e. The normalized spacial score (nSPS) is 25.9. The number of phenolic OH excluding ortho intramolecular Hbond substituents is 2. The lowest BCUT2D eigenvalue weighted by molar-refractivity contribution is -0.911. The average molecular weight is 493 g/mol. The molecule has 5 N–H and O–H groups in total. The lowest BCUT2D eigenvalue weighted by Gasteiger charge is -2.46. The number of fused-ring (bicyclic) bond motifs is 1. The van der Waals surface area contributed by atoms with Crippen molar-refractivity contribution < 1.29 is 43.7 Å². The van der Waals surface area contributed by atoms with E-state index in [4.69, 9.17) is 0 Å². The molecule has 35 heavy (non-hydrogen) atoms. The van der Waals surface area contributed by atoms with Gasteiger partial charge in [-0.25, -0.2) is 9.18 Å². The van der Waals surface area contributed by atoms with Crippen molar-refractivity contribution in [3.8, 4) is 11.5 Å². The molecule has 0 unspecified atom stereocenters. The number of aliphatic hydroxyl groups excluding tert-OH is 1. The summed E-state index contributed by atoms with van der Waals surface area (Å²) < 4.78 is 14.7. The zero-order valence-corrected chi connectivity index (χ0v) is 19.7. The minimum atomic E-state index is -1.20. The van der Waals surface area contributed by atoms with E-state index in [0.29, 0.717) is 23.1 Å². The van der Waals surface area contributed by atoms with Crippen LogP contribution >= 0.6 is 0 Å². The summed E-state index contributed by atoms with van der Waals surface area (Å²) in [6, 6.07) is 1.74. The third-order valence-corrected chi connectivity index (χ3v) is 7.75. The fourth-order valence-corrected chi connectivity index (χ4v) is 5.91. The summed E-state index contributed by atoms with van der Waals surface area (Å²) in [6.07, 6.45) is 0.993. The lowest BCUT2D eigenvalue weighted by atomic mass is 9.77. The van der Waals surface area contributed by atoms with E-state index in [9.17, 15) is 39.2 Å². The largest absolute Gasteiger partial charge is 0.504 e. The smallest absolute Gasteiger partial charge is 0.352 e. The number of amides is 2. The standard InChI is InChI=1S/C24H30FN3O7/c1-12-15(20(24(34)35)27-19(12)17(13(2)29)23(27)33)11-28(8-3-4-9-28)10-7-26-22(32)14-5-6-16(30)21(31)18(14)25/h5-6,12-13,17,19,29H,3-4,7-11H2,1-2H3,(H3-,26,30,31,32,34,35)/p+1/t12-,13+,17+,19+/m0/s1. The molecule has 2 saturated heterocycles. The van der Waals surface area contributed by atoms with E-state index in [-0.39, 0.29) is 35.7 Å². The first-order valence-electron chi connectivity index (χ1n) is 11.8. The van der Waals surface area contributed by atoms with Gasteiger partial charge in [-0.1, -0.05) is 6.92 Å². The topological polar surface area (TPSA) is 147 Å². The number of rotatable bonds is 8. The van der Waals surface area contributed by atoms with E-state index in [1.165, 1.54) is 4.90 Å². The molecule has 2 fully saturated rings. The number of hydrogen-bond donors (Lipinski definition) is 5. The van der Waals surface area contributed by atoms with E-state index in [2.05, 4.69) is 5.32 Å². The van der Waals surface area contributed by atoms with Gasteiger partial charge in [-0.05, 0) is 19.1 Å². The van der Waals surface area contributed by atoms with Crippen LogP contribution in [0.4, 0.5) is 4.39 Å². The molecule has 3 heterocycles. The Kier molecular flexibility index (Phi) is 6.50. The molecule has 3 aliphatic rings. The van der Waals surface area contributed by atoms with Crippen LogP contribution < -0.4 is 5.32 Å². The third kappa shape index (κ3) is 4.12. The number of aliphatic carboxylic acids is 1. The van der Waals surface area contributed by atoms with Crippen LogP contribution in [0.5, 0.6) is 11.5 Å². The van der Waals surface area contributed by atoms with Crippen LogP contribution in [-0.2, 0) is 9.59 Å². The van der Waals surface area contributed by atoms with Crippen molar-refractivity contribution in [2.24, 2.45) is 11.8 Å². The van der Waals surface area contributed by atoms with E-state index < -0.39 is 41.2 Å². The van der Waals surface area contributed by atoms with Gasteiger partial charge in [0.05, 0.1) is 49.8 Å². The Morgan fingerprint density at radius 2 is 1.91 bits per heavy atom. The quantitative estimate of drug-likeness (QED) is 0.205. The van der Waals surface area contributed by atoms with Crippen LogP contribution in [0, 0.1) is 17.7 Å². The van der Waals surface area contributed by atoms with Gasteiger partial charge in [0.25, 0.3) is 5.91 Å². The number of β-lactam (4-membered cyclic amide) rings is 1. The molecule has 0 aromatic heterocycles. The summed E-state index contributed by atoms with van der Waals surface area (Å²) in [5.41, 5.74) is 0.279. The number of carbonyl (C=O) groups excluding carboxylic acids is 2. The van der Waals surface area contributed by atoms with Crippen molar-refractivity contribution in [1.29, 1.82) is 0 Å². The van der Waals surface area contributed by atoms with E-state index >= 15 is 0 Å². The van der Waals surface area contributed by atoms with Crippen molar-refractivity contribution >= 4 is 17.8 Å². The predicted octanol–water partition coefficient (Wildman–Crippen LogP) is 0.773. The molecule has 0 aliphatic carbocycles. The fraction of sp³-hybridized carbons (Fsp3) is 0.542. The second-order valence-electron chi connectivity index (χ2n) is 9.86. The number of phenols is 2. The van der Waals surface area contributed by atoms with Crippen LogP contribution in [-0.4, -0.2) is 92.5 Å². The highest BCUT2D eigenvalue weighted by Gasteiger charge is 2.60. The Balaban J connectivity index is 1.50. The molecular weight excluding hydrogens is 461 g/mol. The molecule has 1 aromatic rings. The molecule has 0 radical (unpaired) electrons. The summed E-state index contributed by atoms with van der Waals surface area (Å²) in [5.74, 6) is -5.97. The van der Waals surface area contributed by atoms with Gasteiger partial charge in [0, 0.05) is 24.3 Å². The van der Waals surface area contributed by atoms with Gasteiger partial charge in [-0.2, -0.15) is 0 Å². The SMILES string of the molecule is C[C@@H](O)[C@H]1C(=O)N2C(C(=O)O)=C(C[N+]3(CCNC(=O)c4ccc(O)c(O)c4F)CCCC3)[C@H](C)[C@H]12. The van der Waals surface area contributed by atoms with Crippen molar-refractivity contribution in [2.45, 2.75) is 38.8 Å². The van der Waals surface area contributed by atoms with E-state index in [1.54, 1.807) is 6.92 Å².